The van der Waals surface area contributed by atoms with Gasteiger partial charge in [-0.25, -0.2) is 0 Å². The number of thiocarbonyl (C=S) groups is 1. The first kappa shape index (κ1) is 16.5. The predicted molar refractivity (Wildman–Crippen MR) is 89.9 cm³/mol. The molecule has 0 saturated carbocycles. The van der Waals surface area contributed by atoms with Crippen LogP contribution in [0.3, 0.4) is 0 Å². The van der Waals surface area contributed by atoms with Gasteiger partial charge in [0.05, 0.1) is 18.6 Å². The van der Waals surface area contributed by atoms with Crippen molar-refractivity contribution in [3.05, 3.63) is 34.7 Å². The van der Waals surface area contributed by atoms with E-state index in [1.54, 1.807) is 0 Å². The molecule has 0 aliphatic carbocycles. The van der Waals surface area contributed by atoms with Crippen molar-refractivity contribution in [3.63, 3.8) is 0 Å². The van der Waals surface area contributed by atoms with E-state index in [0.717, 1.165) is 23.1 Å². The molecule has 1 aliphatic rings. The van der Waals surface area contributed by atoms with E-state index in [2.05, 4.69) is 4.74 Å². The minimum Gasteiger partial charge on any atom is -0.494 e. The molecule has 1 fully saturated rings. The first-order valence-electron chi connectivity index (χ1n) is 6.60. The highest BCUT2D eigenvalue weighted by Gasteiger charge is 2.33. The molecule has 1 aromatic rings. The molecule has 2 rings (SSSR count). The lowest BCUT2D eigenvalue weighted by molar-refractivity contribution is -0.140. The number of carbonyl (C=O) groups is 2. The number of ether oxygens (including phenoxy) is 2. The van der Waals surface area contributed by atoms with Crippen LogP contribution in [0.15, 0.2) is 29.2 Å². The molecule has 0 radical (unpaired) electrons. The molecule has 0 N–H and O–H groups in total. The van der Waals surface area contributed by atoms with Crippen LogP contribution in [-0.2, 0) is 9.53 Å². The van der Waals surface area contributed by atoms with Crippen molar-refractivity contribution in [2.75, 3.05) is 20.3 Å². The Kier molecular flexibility index (Phi) is 5.57. The van der Waals surface area contributed by atoms with Gasteiger partial charge in [0.25, 0.3) is 5.24 Å². The molecule has 5 nitrogen and oxygen atoms in total. The van der Waals surface area contributed by atoms with Crippen LogP contribution in [0.4, 0.5) is 4.79 Å². The van der Waals surface area contributed by atoms with Gasteiger partial charge in [0, 0.05) is 0 Å². The number of amides is 1. The molecular formula is C15H15NO4S2. The number of hydrogen-bond acceptors (Lipinski definition) is 6. The number of nitrogens with zero attached hydrogens (tertiary/aromatic N) is 1. The standard InChI is InChI=1S/C15H15NO4S2/c1-3-20-11-6-4-10(5-7-11)8-12-14(21)16(15(18)22-12)9-13(17)19-2/h4-8H,3,9H2,1-2H3. The number of esters is 1. The van der Waals surface area contributed by atoms with Gasteiger partial charge in [-0.3, -0.25) is 14.5 Å². The van der Waals surface area contributed by atoms with Crippen LogP contribution in [0.25, 0.3) is 6.08 Å². The topological polar surface area (TPSA) is 55.8 Å². The summed E-state index contributed by atoms with van der Waals surface area (Å²) in [7, 11) is 1.27. The summed E-state index contributed by atoms with van der Waals surface area (Å²) in [4.78, 5) is 25.4. The van der Waals surface area contributed by atoms with E-state index in [4.69, 9.17) is 17.0 Å². The molecule has 1 amide bonds. The highest BCUT2D eigenvalue weighted by Crippen LogP contribution is 2.33. The molecule has 0 atom stereocenters. The SMILES string of the molecule is CCOc1ccc(C=C2SC(=O)N(CC(=O)OC)C2=S)cc1. The van der Waals surface area contributed by atoms with Crippen molar-refractivity contribution in [3.8, 4) is 5.75 Å². The maximum absolute atomic E-state index is 11.9. The fraction of sp³-hybridized carbons (Fsp3) is 0.267. The maximum Gasteiger partial charge on any atom is 0.325 e. The largest absolute Gasteiger partial charge is 0.494 e. The Balaban J connectivity index is 2.13. The molecule has 1 saturated heterocycles. The molecule has 0 spiro atoms. The summed E-state index contributed by atoms with van der Waals surface area (Å²) < 4.78 is 9.94. The highest BCUT2D eigenvalue weighted by molar-refractivity contribution is 8.19. The zero-order chi connectivity index (χ0) is 16.1. The van der Waals surface area contributed by atoms with E-state index in [-0.39, 0.29) is 11.8 Å². The molecule has 7 heteroatoms. The maximum atomic E-state index is 11.9. The van der Waals surface area contributed by atoms with Gasteiger partial charge in [-0.05, 0) is 42.5 Å². The summed E-state index contributed by atoms with van der Waals surface area (Å²) in [6.45, 7) is 2.37. The van der Waals surface area contributed by atoms with Crippen molar-refractivity contribution >= 4 is 46.3 Å². The second-order valence-corrected chi connectivity index (χ2v) is 5.73. The summed E-state index contributed by atoms with van der Waals surface area (Å²) in [6, 6.07) is 7.47. The lowest BCUT2D eigenvalue weighted by Gasteiger charge is -2.12. The van der Waals surface area contributed by atoms with Crippen LogP contribution in [0.5, 0.6) is 5.75 Å². The van der Waals surface area contributed by atoms with Crippen LogP contribution in [-0.4, -0.2) is 41.4 Å². The van der Waals surface area contributed by atoms with Gasteiger partial charge in [0.2, 0.25) is 0 Å². The van der Waals surface area contributed by atoms with Crippen LogP contribution in [0.2, 0.25) is 0 Å². The van der Waals surface area contributed by atoms with Gasteiger partial charge >= 0.3 is 5.97 Å². The highest BCUT2D eigenvalue weighted by atomic mass is 32.2. The van der Waals surface area contributed by atoms with Crippen LogP contribution >= 0.6 is 24.0 Å². The van der Waals surface area contributed by atoms with Gasteiger partial charge < -0.3 is 9.47 Å². The third kappa shape index (κ3) is 3.86. The average Bonchev–Trinajstić information content (AvgIpc) is 2.77. The smallest absolute Gasteiger partial charge is 0.325 e. The van der Waals surface area contributed by atoms with E-state index in [1.165, 1.54) is 12.0 Å². The van der Waals surface area contributed by atoms with E-state index < -0.39 is 5.97 Å². The second-order valence-electron chi connectivity index (χ2n) is 4.35. The normalized spacial score (nSPS) is 16.3. The Morgan fingerprint density at radius 3 is 2.64 bits per heavy atom. The lowest BCUT2D eigenvalue weighted by atomic mass is 10.2. The molecule has 0 unspecified atom stereocenters. The van der Waals surface area contributed by atoms with Gasteiger partial charge in [-0.2, -0.15) is 0 Å². The predicted octanol–water partition coefficient (Wildman–Crippen LogP) is 3.10. The number of thioether (sulfide) groups is 1. The Labute approximate surface area is 138 Å². The van der Waals surface area contributed by atoms with Crippen LogP contribution < -0.4 is 4.74 Å². The number of carbonyl (C=O) groups excluding carboxylic acids is 2. The van der Waals surface area contributed by atoms with Gasteiger partial charge in [-0.1, -0.05) is 24.4 Å². The third-order valence-electron chi connectivity index (χ3n) is 2.88. The Morgan fingerprint density at radius 2 is 2.05 bits per heavy atom. The second kappa shape index (κ2) is 7.42. The Bertz CT molecular complexity index is 625. The molecular weight excluding hydrogens is 322 g/mol. The molecule has 0 bridgehead atoms. The third-order valence-corrected chi connectivity index (χ3v) is 4.37. The van der Waals surface area contributed by atoms with Gasteiger partial charge in [-0.15, -0.1) is 0 Å². The van der Waals surface area contributed by atoms with Gasteiger partial charge in [0.15, 0.2) is 0 Å². The van der Waals surface area contributed by atoms with Gasteiger partial charge in [0.1, 0.15) is 17.3 Å². The molecule has 1 aromatic carbocycles. The Hall–Kier alpha value is -1.86. The van der Waals surface area contributed by atoms with Crippen molar-refractivity contribution in [1.29, 1.82) is 0 Å². The molecule has 1 heterocycles. The van der Waals surface area contributed by atoms with Crippen LogP contribution in [0.1, 0.15) is 12.5 Å². The van der Waals surface area contributed by atoms with E-state index >= 15 is 0 Å². The van der Waals surface area contributed by atoms with Crippen molar-refractivity contribution in [2.45, 2.75) is 6.92 Å². The molecule has 116 valence electrons. The average molecular weight is 337 g/mol. The summed E-state index contributed by atoms with van der Waals surface area (Å²) in [5, 5.41) is -0.271. The summed E-state index contributed by atoms with van der Waals surface area (Å²) in [5.41, 5.74) is 0.904. The van der Waals surface area contributed by atoms with Crippen molar-refractivity contribution in [2.24, 2.45) is 0 Å². The van der Waals surface area contributed by atoms with Crippen LogP contribution in [0, 0.1) is 0 Å². The van der Waals surface area contributed by atoms with Crippen molar-refractivity contribution < 1.29 is 19.1 Å². The number of methoxy groups -OCH3 is 1. The summed E-state index contributed by atoms with van der Waals surface area (Å²) in [5.74, 6) is 0.285. The molecule has 1 aliphatic heterocycles. The zero-order valence-electron chi connectivity index (χ0n) is 12.2. The molecule has 0 aromatic heterocycles. The first-order chi connectivity index (χ1) is 10.5. The number of benzene rings is 1. The fourth-order valence-corrected chi connectivity index (χ4v) is 3.04. The summed E-state index contributed by atoms with van der Waals surface area (Å²) in [6.07, 6.45) is 1.82. The van der Waals surface area contributed by atoms with E-state index in [0.29, 0.717) is 16.5 Å². The molecule has 22 heavy (non-hydrogen) atoms. The summed E-state index contributed by atoms with van der Waals surface area (Å²) >= 11 is 6.27. The zero-order valence-corrected chi connectivity index (χ0v) is 13.8. The Morgan fingerprint density at radius 1 is 1.36 bits per heavy atom. The minimum absolute atomic E-state index is 0.165. The van der Waals surface area contributed by atoms with E-state index in [9.17, 15) is 9.59 Å². The monoisotopic (exact) mass is 337 g/mol. The quantitative estimate of drug-likeness (QED) is 0.467. The fourth-order valence-electron chi connectivity index (χ4n) is 1.81. The van der Waals surface area contributed by atoms with E-state index in [1.807, 2.05) is 37.3 Å². The lowest BCUT2D eigenvalue weighted by Crippen LogP contribution is -2.33. The number of hydrogen-bond donors (Lipinski definition) is 0. The van der Waals surface area contributed by atoms with Crippen molar-refractivity contribution in [1.82, 2.24) is 4.90 Å². The number of rotatable bonds is 5. The minimum atomic E-state index is -0.501. The first-order valence-corrected chi connectivity index (χ1v) is 7.82.